The van der Waals surface area contributed by atoms with Crippen molar-refractivity contribution < 1.29 is 22.4 Å². The average molecular weight is 447 g/mol. The highest BCUT2D eigenvalue weighted by Gasteiger charge is 2.34. The summed E-state index contributed by atoms with van der Waals surface area (Å²) in [4.78, 5) is 22.2. The van der Waals surface area contributed by atoms with Gasteiger partial charge in [-0.2, -0.15) is 13.2 Å². The summed E-state index contributed by atoms with van der Waals surface area (Å²) in [5, 5.41) is -0.159. The number of hydrogen-bond acceptors (Lipinski definition) is 4. The van der Waals surface area contributed by atoms with Gasteiger partial charge in [-0.05, 0) is 54.8 Å². The smallest absolute Gasteiger partial charge is 0.311 e. The van der Waals surface area contributed by atoms with Gasteiger partial charge in [-0.1, -0.05) is 30.0 Å². The Bertz CT molecular complexity index is 1100. The van der Waals surface area contributed by atoms with Crippen LogP contribution in [0.5, 0.6) is 0 Å². The number of fused-ring (bicyclic) bond motifs is 1. The fourth-order valence-corrected chi connectivity index (χ4v) is 4.13. The van der Waals surface area contributed by atoms with E-state index in [1.54, 1.807) is 4.90 Å². The van der Waals surface area contributed by atoms with Crippen molar-refractivity contribution in [3.05, 3.63) is 71.7 Å². The molecule has 0 spiro atoms. The van der Waals surface area contributed by atoms with E-state index < -0.39 is 17.7 Å². The maximum atomic E-state index is 13.3. The minimum absolute atomic E-state index is 0.0144. The lowest BCUT2D eigenvalue weighted by Gasteiger charge is -2.29. The Morgan fingerprint density at radius 2 is 1.81 bits per heavy atom. The van der Waals surface area contributed by atoms with Crippen LogP contribution in [-0.4, -0.2) is 28.2 Å². The molecule has 31 heavy (non-hydrogen) atoms. The van der Waals surface area contributed by atoms with E-state index in [-0.39, 0.29) is 22.5 Å². The normalized spacial score (nSPS) is 13.7. The van der Waals surface area contributed by atoms with Crippen molar-refractivity contribution in [2.24, 2.45) is 0 Å². The zero-order valence-corrected chi connectivity index (χ0v) is 17.0. The van der Waals surface area contributed by atoms with Crippen LogP contribution in [0.2, 0.25) is 0 Å². The summed E-state index contributed by atoms with van der Waals surface area (Å²) in [7, 11) is 0. The van der Waals surface area contributed by atoms with E-state index in [2.05, 4.69) is 9.97 Å². The van der Waals surface area contributed by atoms with Crippen LogP contribution in [0.1, 0.15) is 17.7 Å². The number of benzene rings is 2. The Kier molecular flexibility index (Phi) is 5.95. The molecule has 1 aliphatic rings. The Morgan fingerprint density at radius 3 is 2.55 bits per heavy atom. The average Bonchev–Trinajstić information content (AvgIpc) is 2.77. The molecule has 0 fully saturated rings. The molecule has 2 heterocycles. The highest BCUT2D eigenvalue weighted by molar-refractivity contribution is 7.99. The summed E-state index contributed by atoms with van der Waals surface area (Å²) in [6.45, 7) is 0.556. The van der Waals surface area contributed by atoms with Gasteiger partial charge in [0.05, 0.1) is 11.4 Å². The number of aromatic nitrogens is 2. The maximum Gasteiger partial charge on any atom is 0.433 e. The highest BCUT2D eigenvalue weighted by Crippen LogP contribution is 2.33. The molecule has 0 unspecified atom stereocenters. The Balaban J connectivity index is 1.57. The Hall–Kier alpha value is -2.94. The largest absolute Gasteiger partial charge is 0.433 e. The number of thioether (sulfide) groups is 1. The number of alkyl halides is 3. The molecular formula is C22H17F4N3OS. The van der Waals surface area contributed by atoms with Crippen molar-refractivity contribution in [2.45, 2.75) is 24.2 Å². The molecule has 0 N–H and O–H groups in total. The van der Waals surface area contributed by atoms with E-state index in [1.165, 1.54) is 12.1 Å². The Labute approximate surface area is 180 Å². The number of carbonyl (C=O) groups excluding carboxylic acids is 1. The number of amides is 1. The third-order valence-electron chi connectivity index (χ3n) is 4.87. The standard InChI is InChI=1S/C22H17F4N3OS/c23-16-9-7-14(8-10-16)17-12-19(22(24,25)26)28-21(27-17)31-13-20(30)29-11-3-5-15-4-1-2-6-18(15)29/h1-2,4,6-10,12H,3,5,11,13H2. The van der Waals surface area contributed by atoms with Crippen LogP contribution in [0, 0.1) is 5.82 Å². The van der Waals surface area contributed by atoms with Crippen LogP contribution in [0.4, 0.5) is 23.2 Å². The first kappa shape index (κ1) is 21.3. The van der Waals surface area contributed by atoms with E-state index in [1.807, 2.05) is 24.3 Å². The molecule has 0 radical (unpaired) electrons. The predicted molar refractivity (Wildman–Crippen MR) is 110 cm³/mol. The van der Waals surface area contributed by atoms with Gasteiger partial charge in [0.1, 0.15) is 11.5 Å². The molecule has 1 amide bonds. The van der Waals surface area contributed by atoms with Gasteiger partial charge in [-0.25, -0.2) is 14.4 Å². The van der Waals surface area contributed by atoms with Gasteiger partial charge in [0.15, 0.2) is 5.16 Å². The summed E-state index contributed by atoms with van der Waals surface area (Å²) < 4.78 is 53.2. The molecule has 0 saturated carbocycles. The number of para-hydroxylation sites is 1. The van der Waals surface area contributed by atoms with Gasteiger partial charge in [-0.3, -0.25) is 4.79 Å². The van der Waals surface area contributed by atoms with Crippen molar-refractivity contribution in [3.8, 4) is 11.3 Å². The molecule has 9 heteroatoms. The van der Waals surface area contributed by atoms with Crippen LogP contribution < -0.4 is 4.90 Å². The quantitative estimate of drug-likeness (QED) is 0.306. The number of carbonyl (C=O) groups is 1. The fourth-order valence-electron chi connectivity index (χ4n) is 3.40. The molecule has 1 aromatic heterocycles. The van der Waals surface area contributed by atoms with Crippen LogP contribution in [0.25, 0.3) is 11.3 Å². The number of nitrogens with zero attached hydrogens (tertiary/aromatic N) is 3. The van der Waals surface area contributed by atoms with Gasteiger partial charge in [0, 0.05) is 17.8 Å². The molecule has 0 aliphatic carbocycles. The molecule has 4 nitrogen and oxygen atoms in total. The van der Waals surface area contributed by atoms with E-state index >= 15 is 0 Å². The van der Waals surface area contributed by atoms with Crippen molar-refractivity contribution in [3.63, 3.8) is 0 Å². The second kappa shape index (κ2) is 8.66. The van der Waals surface area contributed by atoms with Gasteiger partial charge in [0.2, 0.25) is 5.91 Å². The van der Waals surface area contributed by atoms with Crippen LogP contribution in [0.15, 0.2) is 59.8 Å². The summed E-state index contributed by atoms with van der Waals surface area (Å²) in [6, 6.07) is 13.4. The summed E-state index contributed by atoms with van der Waals surface area (Å²) >= 11 is 0.852. The first-order chi connectivity index (χ1) is 14.8. The number of rotatable bonds is 4. The minimum atomic E-state index is -4.68. The summed E-state index contributed by atoms with van der Waals surface area (Å²) in [5.41, 5.74) is 1.13. The molecule has 3 aromatic rings. The second-order valence-electron chi connectivity index (χ2n) is 6.99. The second-order valence-corrected chi connectivity index (χ2v) is 7.93. The minimum Gasteiger partial charge on any atom is -0.311 e. The van der Waals surface area contributed by atoms with Gasteiger partial charge < -0.3 is 4.90 Å². The Morgan fingerprint density at radius 1 is 1.06 bits per heavy atom. The predicted octanol–water partition coefficient (Wildman–Crippen LogP) is 5.37. The molecule has 0 saturated heterocycles. The van der Waals surface area contributed by atoms with Crippen LogP contribution >= 0.6 is 11.8 Å². The third kappa shape index (κ3) is 4.87. The monoisotopic (exact) mass is 447 g/mol. The highest BCUT2D eigenvalue weighted by atomic mass is 32.2. The molecule has 1 aliphatic heterocycles. The molecule has 2 aromatic carbocycles. The van der Waals surface area contributed by atoms with E-state index in [0.717, 1.165) is 54.1 Å². The maximum absolute atomic E-state index is 13.3. The van der Waals surface area contributed by atoms with Crippen molar-refractivity contribution in [2.75, 3.05) is 17.2 Å². The van der Waals surface area contributed by atoms with Crippen LogP contribution in [-0.2, 0) is 17.4 Å². The fraction of sp³-hybridized carbons (Fsp3) is 0.227. The van der Waals surface area contributed by atoms with Crippen LogP contribution in [0.3, 0.4) is 0 Å². The lowest BCUT2D eigenvalue weighted by atomic mass is 10.0. The summed E-state index contributed by atoms with van der Waals surface area (Å²) in [5.74, 6) is -0.823. The van der Waals surface area contributed by atoms with Crippen molar-refractivity contribution in [1.82, 2.24) is 9.97 Å². The van der Waals surface area contributed by atoms with Crippen molar-refractivity contribution in [1.29, 1.82) is 0 Å². The van der Waals surface area contributed by atoms with Gasteiger partial charge in [0.25, 0.3) is 0 Å². The number of anilines is 1. The zero-order chi connectivity index (χ0) is 22.0. The third-order valence-corrected chi connectivity index (χ3v) is 5.70. The molecule has 160 valence electrons. The number of aryl methyl sites for hydroxylation is 1. The first-order valence-corrected chi connectivity index (χ1v) is 10.5. The SMILES string of the molecule is O=C(CSc1nc(-c2ccc(F)cc2)cc(C(F)(F)F)n1)N1CCCc2ccccc21. The van der Waals surface area contributed by atoms with Gasteiger partial charge >= 0.3 is 6.18 Å². The number of hydrogen-bond donors (Lipinski definition) is 0. The molecule has 0 bridgehead atoms. The van der Waals surface area contributed by atoms with Gasteiger partial charge in [-0.15, -0.1) is 0 Å². The topological polar surface area (TPSA) is 46.1 Å². The molecule has 0 atom stereocenters. The van der Waals surface area contributed by atoms with E-state index in [4.69, 9.17) is 0 Å². The zero-order valence-electron chi connectivity index (χ0n) is 16.2. The molecular weight excluding hydrogens is 430 g/mol. The first-order valence-electron chi connectivity index (χ1n) is 9.54. The van der Waals surface area contributed by atoms with E-state index in [9.17, 15) is 22.4 Å². The lowest BCUT2D eigenvalue weighted by Crippen LogP contribution is -2.36. The summed E-state index contributed by atoms with van der Waals surface area (Å²) in [6.07, 6.45) is -2.98. The van der Waals surface area contributed by atoms with Crippen molar-refractivity contribution >= 4 is 23.4 Å². The van der Waals surface area contributed by atoms with E-state index in [0.29, 0.717) is 12.1 Å². The number of halogens is 4. The lowest BCUT2D eigenvalue weighted by molar-refractivity contribution is -0.141. The molecule has 4 rings (SSSR count).